The van der Waals surface area contributed by atoms with Gasteiger partial charge in [-0.3, -0.25) is 14.5 Å². The smallest absolute Gasteiger partial charge is 0.301 e. The fourth-order valence-electron chi connectivity index (χ4n) is 4.20. The molecular formula is C27H22N2O5S. The highest BCUT2D eigenvalue weighted by Crippen LogP contribution is 2.45. The van der Waals surface area contributed by atoms with Gasteiger partial charge in [0.2, 0.25) is 0 Å². The minimum Gasteiger partial charge on any atom is -0.507 e. The molecule has 1 amide bonds. The fourth-order valence-corrected chi connectivity index (χ4v) is 5.19. The lowest BCUT2D eigenvalue weighted by Crippen LogP contribution is -2.29. The van der Waals surface area contributed by atoms with E-state index in [0.29, 0.717) is 27.8 Å². The number of aryl methyl sites for hydroxylation is 1. The first-order valence-electron chi connectivity index (χ1n) is 10.9. The van der Waals surface area contributed by atoms with E-state index in [1.807, 2.05) is 43.3 Å². The molecule has 0 aliphatic carbocycles. The highest BCUT2D eigenvalue weighted by molar-refractivity contribution is 7.22. The standard InChI is InChI=1S/C27H22N2O5S/c1-15-8-10-16(11-9-15)24(30)22-23(17-12-13-19(33-2)20(14-17)34-3)29(26(32)25(22)31)27-28-18-6-4-5-7-21(18)35-27/h4-14,23,30H,1-3H3/b24-22-. The number of carbonyl (C=O) groups is 2. The molecule has 1 fully saturated rings. The third kappa shape index (κ3) is 3.81. The molecule has 176 valence electrons. The van der Waals surface area contributed by atoms with Gasteiger partial charge in [0.05, 0.1) is 36.1 Å². The number of fused-ring (bicyclic) bond motifs is 1. The van der Waals surface area contributed by atoms with Crippen molar-refractivity contribution in [3.05, 3.63) is 89.0 Å². The van der Waals surface area contributed by atoms with Gasteiger partial charge in [0.25, 0.3) is 5.78 Å². The Bertz CT molecular complexity index is 1460. The van der Waals surface area contributed by atoms with E-state index in [4.69, 9.17) is 9.47 Å². The van der Waals surface area contributed by atoms with Crippen LogP contribution >= 0.6 is 11.3 Å². The number of ether oxygens (including phenoxy) is 2. The Morgan fingerprint density at radius 3 is 2.37 bits per heavy atom. The summed E-state index contributed by atoms with van der Waals surface area (Å²) in [4.78, 5) is 32.7. The number of amides is 1. The summed E-state index contributed by atoms with van der Waals surface area (Å²) in [6.45, 7) is 1.93. The van der Waals surface area contributed by atoms with E-state index in [0.717, 1.165) is 15.8 Å². The van der Waals surface area contributed by atoms with Crippen molar-refractivity contribution in [1.29, 1.82) is 0 Å². The van der Waals surface area contributed by atoms with E-state index in [9.17, 15) is 14.7 Å². The van der Waals surface area contributed by atoms with Crippen LogP contribution in [0.25, 0.3) is 16.0 Å². The zero-order valence-electron chi connectivity index (χ0n) is 19.3. The van der Waals surface area contributed by atoms with Crippen LogP contribution in [-0.4, -0.2) is 36.0 Å². The quantitative estimate of drug-likeness (QED) is 0.236. The average molecular weight is 487 g/mol. The van der Waals surface area contributed by atoms with Crippen molar-refractivity contribution in [2.75, 3.05) is 19.1 Å². The lowest BCUT2D eigenvalue weighted by Gasteiger charge is -2.23. The molecule has 1 saturated heterocycles. The van der Waals surface area contributed by atoms with Gasteiger partial charge in [0.15, 0.2) is 16.6 Å². The van der Waals surface area contributed by atoms with Gasteiger partial charge < -0.3 is 14.6 Å². The Kier molecular flexibility index (Phi) is 5.74. The highest BCUT2D eigenvalue weighted by atomic mass is 32.1. The normalized spacial score (nSPS) is 17.2. The largest absolute Gasteiger partial charge is 0.507 e. The molecule has 35 heavy (non-hydrogen) atoms. The minimum absolute atomic E-state index is 0.00895. The summed E-state index contributed by atoms with van der Waals surface area (Å²) < 4.78 is 11.7. The number of hydrogen-bond donors (Lipinski definition) is 1. The van der Waals surface area contributed by atoms with Crippen molar-refractivity contribution in [3.8, 4) is 11.5 Å². The van der Waals surface area contributed by atoms with E-state index in [-0.39, 0.29) is 11.3 Å². The summed E-state index contributed by atoms with van der Waals surface area (Å²) >= 11 is 1.31. The number of aliphatic hydroxyl groups excluding tert-OH is 1. The molecule has 1 unspecified atom stereocenters. The molecule has 1 aliphatic rings. The lowest BCUT2D eigenvalue weighted by molar-refractivity contribution is -0.132. The molecule has 0 saturated carbocycles. The summed E-state index contributed by atoms with van der Waals surface area (Å²) in [5.41, 5.74) is 2.75. The number of aromatic nitrogens is 1. The van der Waals surface area contributed by atoms with Gasteiger partial charge in [-0.2, -0.15) is 0 Å². The van der Waals surface area contributed by atoms with Crippen molar-refractivity contribution in [2.24, 2.45) is 0 Å². The Hall–Kier alpha value is -4.17. The van der Waals surface area contributed by atoms with Gasteiger partial charge in [-0.05, 0) is 36.8 Å². The maximum atomic E-state index is 13.4. The number of Topliss-reactive ketones (excluding diaryl/α,β-unsaturated/α-hetero) is 1. The van der Waals surface area contributed by atoms with Gasteiger partial charge in [0, 0.05) is 5.56 Å². The number of methoxy groups -OCH3 is 2. The average Bonchev–Trinajstić information content (AvgIpc) is 3.42. The monoisotopic (exact) mass is 486 g/mol. The first-order valence-corrected chi connectivity index (χ1v) is 11.7. The van der Waals surface area contributed by atoms with Crippen LogP contribution in [0.2, 0.25) is 0 Å². The number of nitrogens with zero attached hydrogens (tertiary/aromatic N) is 2. The number of anilines is 1. The number of hydrogen-bond acceptors (Lipinski definition) is 7. The summed E-state index contributed by atoms with van der Waals surface area (Å²) in [6.07, 6.45) is 0. The first kappa shape index (κ1) is 22.6. The SMILES string of the molecule is COc1ccc(C2/C(=C(/O)c3ccc(C)cc3)C(=O)C(=O)N2c2nc3ccccc3s2)cc1OC. The molecule has 0 spiro atoms. The topological polar surface area (TPSA) is 89.0 Å². The van der Waals surface area contributed by atoms with Crippen LogP contribution in [0.1, 0.15) is 22.7 Å². The maximum Gasteiger partial charge on any atom is 0.301 e. The number of ketones is 1. The Morgan fingerprint density at radius 2 is 1.69 bits per heavy atom. The van der Waals surface area contributed by atoms with Crippen molar-refractivity contribution in [1.82, 2.24) is 4.98 Å². The van der Waals surface area contributed by atoms with Gasteiger partial charge in [0.1, 0.15) is 5.76 Å². The van der Waals surface area contributed by atoms with Crippen molar-refractivity contribution in [3.63, 3.8) is 0 Å². The van der Waals surface area contributed by atoms with E-state index in [1.165, 1.54) is 30.5 Å². The second-order valence-electron chi connectivity index (χ2n) is 8.11. The summed E-state index contributed by atoms with van der Waals surface area (Å²) in [5.74, 6) is -0.826. The molecule has 4 aromatic rings. The number of carbonyl (C=O) groups excluding carboxylic acids is 2. The zero-order chi connectivity index (χ0) is 24.7. The van der Waals surface area contributed by atoms with Gasteiger partial charge in [-0.15, -0.1) is 0 Å². The van der Waals surface area contributed by atoms with Gasteiger partial charge in [-0.1, -0.05) is 59.4 Å². The molecular weight excluding hydrogens is 464 g/mol. The number of benzene rings is 3. The zero-order valence-corrected chi connectivity index (χ0v) is 20.1. The first-order chi connectivity index (χ1) is 16.9. The summed E-state index contributed by atoms with van der Waals surface area (Å²) in [6, 6.07) is 18.9. The van der Waals surface area contributed by atoms with E-state index >= 15 is 0 Å². The van der Waals surface area contributed by atoms with Gasteiger partial charge >= 0.3 is 5.91 Å². The van der Waals surface area contributed by atoms with E-state index in [2.05, 4.69) is 4.98 Å². The van der Waals surface area contributed by atoms with Crippen LogP contribution in [0.5, 0.6) is 11.5 Å². The van der Waals surface area contributed by atoms with Crippen LogP contribution in [0.4, 0.5) is 5.13 Å². The molecule has 1 aliphatic heterocycles. The van der Waals surface area contributed by atoms with Crippen LogP contribution in [0.15, 0.2) is 72.3 Å². The fraction of sp³-hybridized carbons (Fsp3) is 0.148. The highest BCUT2D eigenvalue weighted by Gasteiger charge is 2.48. The molecule has 0 radical (unpaired) electrons. The van der Waals surface area contributed by atoms with Crippen LogP contribution in [0.3, 0.4) is 0 Å². The predicted molar refractivity (Wildman–Crippen MR) is 135 cm³/mol. The molecule has 1 atom stereocenters. The maximum absolute atomic E-state index is 13.4. The van der Waals surface area contributed by atoms with Crippen LogP contribution < -0.4 is 14.4 Å². The summed E-state index contributed by atoms with van der Waals surface area (Å²) in [5, 5.41) is 11.6. The number of para-hydroxylation sites is 1. The molecule has 1 N–H and O–H groups in total. The van der Waals surface area contributed by atoms with Crippen molar-refractivity contribution < 1.29 is 24.2 Å². The minimum atomic E-state index is -0.906. The van der Waals surface area contributed by atoms with E-state index in [1.54, 1.807) is 30.3 Å². The Morgan fingerprint density at radius 1 is 0.971 bits per heavy atom. The molecule has 3 aromatic carbocycles. The van der Waals surface area contributed by atoms with Crippen molar-refractivity contribution >= 4 is 44.1 Å². The summed E-state index contributed by atoms with van der Waals surface area (Å²) in [7, 11) is 3.04. The molecule has 1 aromatic heterocycles. The predicted octanol–water partition coefficient (Wildman–Crippen LogP) is 5.25. The third-order valence-electron chi connectivity index (χ3n) is 5.98. The van der Waals surface area contributed by atoms with Gasteiger partial charge in [-0.25, -0.2) is 4.98 Å². The molecule has 0 bridgehead atoms. The van der Waals surface area contributed by atoms with E-state index < -0.39 is 17.7 Å². The van der Waals surface area contributed by atoms with Crippen LogP contribution in [-0.2, 0) is 9.59 Å². The molecule has 7 nitrogen and oxygen atoms in total. The number of aliphatic hydroxyl groups is 1. The number of rotatable bonds is 5. The number of thiazole rings is 1. The molecule has 5 rings (SSSR count). The van der Waals surface area contributed by atoms with Crippen molar-refractivity contribution in [2.45, 2.75) is 13.0 Å². The molecule has 8 heteroatoms. The van der Waals surface area contributed by atoms with Crippen LogP contribution in [0, 0.1) is 6.92 Å². The Balaban J connectivity index is 1.75. The Labute approximate surface area is 205 Å². The second-order valence-corrected chi connectivity index (χ2v) is 9.12. The lowest BCUT2D eigenvalue weighted by atomic mass is 9.95. The third-order valence-corrected chi connectivity index (χ3v) is 7.02. The second kappa shape index (κ2) is 8.88. The molecule has 2 heterocycles.